The maximum Gasteiger partial charge on any atom is 0.255 e. The zero-order valence-electron chi connectivity index (χ0n) is 8.60. The molecule has 0 aromatic carbocycles. The van der Waals surface area contributed by atoms with E-state index in [-0.39, 0.29) is 30.7 Å². The van der Waals surface area contributed by atoms with Crippen molar-refractivity contribution < 1.29 is 13.2 Å². The molecule has 1 atom stereocenters. The molecule has 1 aliphatic heterocycles. The minimum Gasteiger partial charge on any atom is -0.339 e. The second-order valence-corrected chi connectivity index (χ2v) is 5.21. The Balaban J connectivity index is 0. The van der Waals surface area contributed by atoms with Gasteiger partial charge >= 0.3 is 0 Å². The Bertz CT molecular complexity index is 307. The van der Waals surface area contributed by atoms with Crippen molar-refractivity contribution in [3.63, 3.8) is 0 Å². The highest BCUT2D eigenvalue weighted by Crippen LogP contribution is 2.05. The lowest BCUT2D eigenvalue weighted by atomic mass is 10.3. The van der Waals surface area contributed by atoms with Crippen LogP contribution in [0.4, 0.5) is 0 Å². The highest BCUT2D eigenvalue weighted by atomic mass is 35.5. The Hall–Kier alpha value is -0.0400. The zero-order valence-corrected chi connectivity index (χ0v) is 11.0. The van der Waals surface area contributed by atoms with E-state index in [0.717, 1.165) is 6.26 Å². The number of amides is 1. The number of halogens is 2. The van der Waals surface area contributed by atoms with Gasteiger partial charge in [-0.2, -0.15) is 0 Å². The number of likely N-dealkylation sites (N-methyl/N-ethyl adjacent to an activating group) is 1. The molecule has 0 aromatic heterocycles. The number of hydrogen-bond donors (Lipinski definition) is 1. The summed E-state index contributed by atoms with van der Waals surface area (Å²) < 4.78 is 22.3. The Morgan fingerprint density at radius 1 is 1.47 bits per heavy atom. The molecule has 1 N–H and O–H groups in total. The molecule has 5 nitrogen and oxygen atoms in total. The van der Waals surface area contributed by atoms with E-state index in [9.17, 15) is 13.2 Å². The van der Waals surface area contributed by atoms with E-state index in [1.54, 1.807) is 4.90 Å². The fraction of sp³-hybridized carbons (Fsp3) is 0.857. The topological polar surface area (TPSA) is 66.5 Å². The van der Waals surface area contributed by atoms with Gasteiger partial charge in [-0.05, 0) is 6.92 Å². The molecule has 15 heavy (non-hydrogen) atoms. The predicted octanol–water partition coefficient (Wildman–Crippen LogP) is -0.348. The van der Waals surface area contributed by atoms with E-state index in [1.165, 1.54) is 0 Å². The van der Waals surface area contributed by atoms with Crippen LogP contribution in [-0.4, -0.2) is 50.5 Å². The second-order valence-electron chi connectivity index (χ2n) is 3.08. The van der Waals surface area contributed by atoms with Crippen molar-refractivity contribution in [1.82, 2.24) is 10.2 Å². The lowest BCUT2D eigenvalue weighted by molar-refractivity contribution is -0.132. The van der Waals surface area contributed by atoms with Crippen molar-refractivity contribution in [3.8, 4) is 0 Å². The molecule has 0 radical (unpaired) electrons. The molecular formula is C7H16Cl2N2O3S. The molecule has 1 aliphatic rings. The first-order valence-corrected chi connectivity index (χ1v) is 6.13. The number of nitrogens with zero attached hydrogens (tertiary/aromatic N) is 1. The number of rotatable bonds is 2. The van der Waals surface area contributed by atoms with Gasteiger partial charge in [0.25, 0.3) is 5.91 Å². The first-order chi connectivity index (χ1) is 5.96. The number of piperazine rings is 1. The van der Waals surface area contributed by atoms with Gasteiger partial charge in [0.2, 0.25) is 0 Å². The molecular weight excluding hydrogens is 263 g/mol. The summed E-state index contributed by atoms with van der Waals surface area (Å²) in [7, 11) is -3.32. The molecule has 0 bridgehead atoms. The van der Waals surface area contributed by atoms with Gasteiger partial charge in [-0.3, -0.25) is 10.1 Å². The molecule has 0 aromatic rings. The number of carbonyl (C=O) groups is 1. The average Bonchev–Trinajstić information content (AvgIpc) is 2.02. The molecule has 1 heterocycles. The standard InChI is InChI=1S/C7H14N2O3S.2ClH/c1-3-9-5-4-8-6(7(9)10)13(2,11)12;;/h6,8H,3-5H2,1-2H3;2*1H. The molecule has 1 rings (SSSR count). The number of sulfone groups is 1. The summed E-state index contributed by atoms with van der Waals surface area (Å²) >= 11 is 0. The van der Waals surface area contributed by atoms with Gasteiger partial charge in [0.05, 0.1) is 0 Å². The van der Waals surface area contributed by atoms with Crippen LogP contribution in [0.3, 0.4) is 0 Å². The lowest BCUT2D eigenvalue weighted by Gasteiger charge is -2.31. The third kappa shape index (κ3) is 4.14. The predicted molar refractivity (Wildman–Crippen MR) is 63.4 cm³/mol. The Morgan fingerprint density at radius 3 is 2.40 bits per heavy atom. The molecule has 0 saturated carbocycles. The molecule has 8 heteroatoms. The maximum atomic E-state index is 11.5. The third-order valence-corrected chi connectivity index (χ3v) is 3.28. The Labute approximate surface area is 102 Å². The fourth-order valence-electron chi connectivity index (χ4n) is 1.34. The van der Waals surface area contributed by atoms with Crippen molar-refractivity contribution in [1.29, 1.82) is 0 Å². The second kappa shape index (κ2) is 6.52. The van der Waals surface area contributed by atoms with Gasteiger partial charge in [0.15, 0.2) is 15.2 Å². The van der Waals surface area contributed by atoms with Crippen molar-refractivity contribution >= 4 is 40.6 Å². The molecule has 0 spiro atoms. The summed E-state index contributed by atoms with van der Waals surface area (Å²) in [6.07, 6.45) is 1.07. The molecule has 1 fully saturated rings. The van der Waals surface area contributed by atoms with Crippen LogP contribution < -0.4 is 5.32 Å². The summed E-state index contributed by atoms with van der Waals surface area (Å²) in [6.45, 7) is 3.52. The SMILES string of the molecule is CCN1CCNC(S(C)(=O)=O)C1=O.Cl.Cl. The van der Waals surface area contributed by atoms with E-state index in [0.29, 0.717) is 19.6 Å². The molecule has 1 amide bonds. The van der Waals surface area contributed by atoms with E-state index < -0.39 is 15.2 Å². The van der Waals surface area contributed by atoms with Gasteiger partial charge in [-0.15, -0.1) is 24.8 Å². The van der Waals surface area contributed by atoms with Gasteiger partial charge < -0.3 is 4.90 Å². The zero-order chi connectivity index (χ0) is 10.1. The lowest BCUT2D eigenvalue weighted by Crippen LogP contribution is -2.57. The summed E-state index contributed by atoms with van der Waals surface area (Å²) in [6, 6.07) is 0. The van der Waals surface area contributed by atoms with Crippen LogP contribution in [-0.2, 0) is 14.6 Å². The van der Waals surface area contributed by atoms with Gasteiger partial charge in [0.1, 0.15) is 0 Å². The van der Waals surface area contributed by atoms with Crippen LogP contribution in [0, 0.1) is 0 Å². The minimum atomic E-state index is -3.32. The van der Waals surface area contributed by atoms with Gasteiger partial charge in [-0.1, -0.05) is 0 Å². The number of hydrogen-bond acceptors (Lipinski definition) is 4. The van der Waals surface area contributed by atoms with Crippen LogP contribution in [0.5, 0.6) is 0 Å². The molecule has 0 aliphatic carbocycles. The van der Waals surface area contributed by atoms with Crippen LogP contribution >= 0.6 is 24.8 Å². The van der Waals surface area contributed by atoms with Crippen LogP contribution in [0.2, 0.25) is 0 Å². The summed E-state index contributed by atoms with van der Waals surface area (Å²) in [5.74, 6) is -0.337. The largest absolute Gasteiger partial charge is 0.339 e. The molecule has 1 saturated heterocycles. The minimum absolute atomic E-state index is 0. The van der Waals surface area contributed by atoms with Crippen molar-refractivity contribution in [2.24, 2.45) is 0 Å². The summed E-state index contributed by atoms with van der Waals surface area (Å²) in [5.41, 5.74) is 0. The Kier molecular flexibility index (Phi) is 7.55. The van der Waals surface area contributed by atoms with Crippen molar-refractivity contribution in [2.45, 2.75) is 12.3 Å². The van der Waals surface area contributed by atoms with Crippen molar-refractivity contribution in [2.75, 3.05) is 25.9 Å². The maximum absolute atomic E-state index is 11.5. The van der Waals surface area contributed by atoms with Crippen LogP contribution in [0.25, 0.3) is 0 Å². The van der Waals surface area contributed by atoms with E-state index in [1.807, 2.05) is 6.92 Å². The molecule has 92 valence electrons. The van der Waals surface area contributed by atoms with Gasteiger partial charge in [0, 0.05) is 25.9 Å². The normalized spacial score (nSPS) is 21.6. The fourth-order valence-corrected chi connectivity index (χ4v) is 2.28. The van der Waals surface area contributed by atoms with Gasteiger partial charge in [-0.25, -0.2) is 8.42 Å². The van der Waals surface area contributed by atoms with Crippen molar-refractivity contribution in [3.05, 3.63) is 0 Å². The smallest absolute Gasteiger partial charge is 0.255 e. The van der Waals surface area contributed by atoms with Crippen LogP contribution in [0.1, 0.15) is 6.92 Å². The first-order valence-electron chi connectivity index (χ1n) is 4.18. The summed E-state index contributed by atoms with van der Waals surface area (Å²) in [4.78, 5) is 13.0. The highest BCUT2D eigenvalue weighted by molar-refractivity contribution is 7.92. The van der Waals surface area contributed by atoms with E-state index in [2.05, 4.69) is 5.32 Å². The molecule has 1 unspecified atom stereocenters. The number of nitrogens with one attached hydrogen (secondary N) is 1. The monoisotopic (exact) mass is 278 g/mol. The summed E-state index contributed by atoms with van der Waals surface area (Å²) in [5, 5.41) is 1.65. The first kappa shape index (κ1) is 17.4. The highest BCUT2D eigenvalue weighted by Gasteiger charge is 2.34. The van der Waals surface area contributed by atoms with E-state index >= 15 is 0 Å². The average molecular weight is 279 g/mol. The quantitative estimate of drug-likeness (QED) is 0.750. The third-order valence-electron chi connectivity index (χ3n) is 2.06. The number of carbonyl (C=O) groups excluding carboxylic acids is 1. The Morgan fingerprint density at radius 2 is 2.00 bits per heavy atom. The van der Waals surface area contributed by atoms with Crippen LogP contribution in [0.15, 0.2) is 0 Å². The van der Waals surface area contributed by atoms with E-state index in [4.69, 9.17) is 0 Å².